The van der Waals surface area contributed by atoms with Gasteiger partial charge in [-0.15, -0.1) is 0 Å². The number of hydrogen-bond donors (Lipinski definition) is 2. The van der Waals surface area contributed by atoms with Gasteiger partial charge < -0.3 is 25.1 Å². The van der Waals surface area contributed by atoms with Gasteiger partial charge in [-0.2, -0.15) is 4.98 Å². The zero-order valence-corrected chi connectivity index (χ0v) is 16.7. The average molecular weight is 401 g/mol. The smallest absolute Gasteiger partial charge is 0.351 e. The number of nitrogens with two attached hydrogens (primary N) is 1. The van der Waals surface area contributed by atoms with Gasteiger partial charge in [-0.3, -0.25) is 9.36 Å². The van der Waals surface area contributed by atoms with E-state index < -0.39 is 48.0 Å². The highest BCUT2D eigenvalue weighted by atomic mass is 19.1. The molecule has 1 unspecified atom stereocenters. The van der Waals surface area contributed by atoms with Crippen LogP contribution < -0.4 is 11.4 Å². The van der Waals surface area contributed by atoms with Crippen LogP contribution in [0, 0.1) is 11.8 Å². The molecule has 3 N–H and O–H groups in total. The lowest BCUT2D eigenvalue weighted by atomic mass is 9.98. The normalized spacial score (nSPS) is 28.7. The minimum atomic E-state index is -2.26. The van der Waals surface area contributed by atoms with Crippen molar-refractivity contribution in [2.24, 2.45) is 11.8 Å². The first-order chi connectivity index (χ1) is 12.9. The van der Waals surface area contributed by atoms with Crippen LogP contribution in [0.5, 0.6) is 0 Å². The SMILES string of the molecule is CC(C)C(=O)O[C@@H]1[C@@H](COC(O)C(C)C)O[C@@H](n2ccc(N)nc2=O)[C@]1(C)F. The second-order valence-corrected chi connectivity index (χ2v) is 7.70. The van der Waals surface area contributed by atoms with Crippen LogP contribution in [-0.2, 0) is 19.0 Å². The number of halogens is 1. The first-order valence-electron chi connectivity index (χ1n) is 9.14. The quantitative estimate of drug-likeness (QED) is 0.512. The lowest BCUT2D eigenvalue weighted by Crippen LogP contribution is -2.46. The van der Waals surface area contributed by atoms with Gasteiger partial charge in [0.05, 0.1) is 12.5 Å². The molecule has 1 fully saturated rings. The Bertz CT molecular complexity index is 751. The summed E-state index contributed by atoms with van der Waals surface area (Å²) in [6, 6.07) is 1.34. The molecule has 9 nitrogen and oxygen atoms in total. The maximum Gasteiger partial charge on any atom is 0.351 e. The van der Waals surface area contributed by atoms with Gasteiger partial charge in [-0.1, -0.05) is 27.7 Å². The third-order valence-corrected chi connectivity index (χ3v) is 4.50. The summed E-state index contributed by atoms with van der Waals surface area (Å²) < 4.78 is 33.1. The predicted molar refractivity (Wildman–Crippen MR) is 97.8 cm³/mol. The molecule has 0 radical (unpaired) electrons. The van der Waals surface area contributed by atoms with E-state index in [2.05, 4.69) is 4.98 Å². The molecular formula is C18H28FN3O6. The molecule has 2 heterocycles. The number of aromatic nitrogens is 2. The van der Waals surface area contributed by atoms with Gasteiger partial charge in [-0.25, -0.2) is 9.18 Å². The van der Waals surface area contributed by atoms with Crippen LogP contribution in [0.4, 0.5) is 10.2 Å². The number of aliphatic hydroxyl groups is 1. The highest BCUT2D eigenvalue weighted by Gasteiger charge is 2.58. The topological polar surface area (TPSA) is 126 Å². The molecule has 0 amide bonds. The van der Waals surface area contributed by atoms with Crippen LogP contribution in [0.3, 0.4) is 0 Å². The van der Waals surface area contributed by atoms with Gasteiger partial charge in [0.15, 0.2) is 24.3 Å². The molecule has 1 aliphatic heterocycles. The fourth-order valence-electron chi connectivity index (χ4n) is 2.78. The summed E-state index contributed by atoms with van der Waals surface area (Å²) in [4.78, 5) is 27.8. The molecular weight excluding hydrogens is 373 g/mol. The summed E-state index contributed by atoms with van der Waals surface area (Å²) in [6.45, 7) is 7.68. The summed E-state index contributed by atoms with van der Waals surface area (Å²) in [5, 5.41) is 9.87. The molecule has 1 saturated heterocycles. The van der Waals surface area contributed by atoms with Crippen LogP contribution in [0.25, 0.3) is 0 Å². The van der Waals surface area contributed by atoms with E-state index in [9.17, 15) is 14.7 Å². The highest BCUT2D eigenvalue weighted by Crippen LogP contribution is 2.43. The molecule has 10 heteroatoms. The van der Waals surface area contributed by atoms with Crippen molar-refractivity contribution in [2.45, 2.75) is 65.0 Å². The lowest BCUT2D eigenvalue weighted by molar-refractivity contribution is -0.174. The number of ether oxygens (including phenoxy) is 3. The van der Waals surface area contributed by atoms with Crippen molar-refractivity contribution in [1.82, 2.24) is 9.55 Å². The van der Waals surface area contributed by atoms with E-state index >= 15 is 4.39 Å². The van der Waals surface area contributed by atoms with Crippen LogP contribution in [0.2, 0.25) is 0 Å². The zero-order chi connectivity index (χ0) is 21.2. The number of aliphatic hydroxyl groups excluding tert-OH is 1. The Balaban J connectivity index is 2.33. The second kappa shape index (κ2) is 8.54. The molecule has 0 aliphatic carbocycles. The van der Waals surface area contributed by atoms with E-state index in [1.54, 1.807) is 27.7 Å². The fourth-order valence-corrected chi connectivity index (χ4v) is 2.78. The monoisotopic (exact) mass is 401 g/mol. The molecule has 0 saturated carbocycles. The van der Waals surface area contributed by atoms with Crippen molar-refractivity contribution in [1.29, 1.82) is 0 Å². The maximum absolute atomic E-state index is 15.7. The van der Waals surface area contributed by atoms with E-state index in [0.29, 0.717) is 0 Å². The summed E-state index contributed by atoms with van der Waals surface area (Å²) in [5.74, 6) is -1.31. The number of anilines is 1. The highest BCUT2D eigenvalue weighted by molar-refractivity contribution is 5.71. The summed E-state index contributed by atoms with van der Waals surface area (Å²) in [5.41, 5.74) is 2.42. The van der Waals surface area contributed by atoms with E-state index in [0.717, 1.165) is 4.57 Å². The van der Waals surface area contributed by atoms with Crippen LogP contribution in [0.1, 0.15) is 40.8 Å². The average Bonchev–Trinajstić information content (AvgIpc) is 2.83. The lowest BCUT2D eigenvalue weighted by Gasteiger charge is -2.28. The van der Waals surface area contributed by atoms with E-state index in [-0.39, 0.29) is 18.3 Å². The van der Waals surface area contributed by atoms with Crippen LogP contribution in [0.15, 0.2) is 17.1 Å². The Labute approximate surface area is 162 Å². The number of alkyl halides is 1. The van der Waals surface area contributed by atoms with Crippen LogP contribution in [-0.4, -0.2) is 51.4 Å². The third kappa shape index (κ3) is 4.68. The molecule has 2 rings (SSSR count). The molecule has 0 aromatic carbocycles. The van der Waals surface area contributed by atoms with E-state index in [1.807, 2.05) is 0 Å². The molecule has 5 atom stereocenters. The van der Waals surface area contributed by atoms with Crippen molar-refractivity contribution < 1.29 is 28.5 Å². The number of carbonyl (C=O) groups excluding carboxylic acids is 1. The summed E-state index contributed by atoms with van der Waals surface area (Å²) >= 11 is 0. The van der Waals surface area contributed by atoms with Crippen molar-refractivity contribution in [3.8, 4) is 0 Å². The number of hydrogen-bond acceptors (Lipinski definition) is 8. The van der Waals surface area contributed by atoms with Gasteiger partial charge >= 0.3 is 11.7 Å². The number of carbonyl (C=O) groups is 1. The maximum atomic E-state index is 15.7. The molecule has 1 aliphatic rings. The Kier molecular flexibility index (Phi) is 6.79. The Morgan fingerprint density at radius 2 is 2.11 bits per heavy atom. The van der Waals surface area contributed by atoms with Gasteiger partial charge in [0.2, 0.25) is 0 Å². The van der Waals surface area contributed by atoms with Crippen molar-refractivity contribution >= 4 is 11.8 Å². The van der Waals surface area contributed by atoms with Crippen molar-refractivity contribution in [2.75, 3.05) is 12.3 Å². The van der Waals surface area contributed by atoms with Gasteiger partial charge in [0.1, 0.15) is 11.9 Å². The molecule has 28 heavy (non-hydrogen) atoms. The van der Waals surface area contributed by atoms with Gasteiger partial charge in [0.25, 0.3) is 0 Å². The fraction of sp³-hybridized carbons (Fsp3) is 0.722. The minimum Gasteiger partial charge on any atom is -0.456 e. The largest absolute Gasteiger partial charge is 0.456 e. The zero-order valence-electron chi connectivity index (χ0n) is 16.7. The number of nitrogens with zero attached hydrogens (tertiary/aromatic N) is 2. The van der Waals surface area contributed by atoms with Gasteiger partial charge in [-0.05, 0) is 13.0 Å². The Morgan fingerprint density at radius 1 is 1.46 bits per heavy atom. The predicted octanol–water partition coefficient (Wildman–Crippen LogP) is 1.01. The number of rotatable bonds is 7. The number of nitrogen functional groups attached to an aromatic ring is 1. The van der Waals surface area contributed by atoms with Crippen LogP contribution >= 0.6 is 0 Å². The van der Waals surface area contributed by atoms with Crippen molar-refractivity contribution in [3.05, 3.63) is 22.7 Å². The third-order valence-electron chi connectivity index (χ3n) is 4.50. The second-order valence-electron chi connectivity index (χ2n) is 7.70. The summed E-state index contributed by atoms with van der Waals surface area (Å²) in [6.07, 6.45) is -3.64. The molecule has 0 bridgehead atoms. The van der Waals surface area contributed by atoms with E-state index in [1.165, 1.54) is 19.2 Å². The standard InChI is InChI=1S/C18H28FN3O6/c1-9(2)14(23)26-8-11-13(28-15(24)10(3)4)18(5,19)16(27-11)22-7-6-12(20)21-17(22)25/h6-7,9-11,13-14,16,23H,8H2,1-5H3,(H2,20,21,25)/t11-,13-,14?,16-,18-/m1/s1. The molecule has 0 spiro atoms. The summed E-state index contributed by atoms with van der Waals surface area (Å²) in [7, 11) is 0. The Morgan fingerprint density at radius 3 is 2.64 bits per heavy atom. The number of esters is 1. The minimum absolute atomic E-state index is 0.0115. The molecule has 1 aromatic rings. The van der Waals surface area contributed by atoms with Gasteiger partial charge in [0, 0.05) is 12.1 Å². The van der Waals surface area contributed by atoms with Crippen molar-refractivity contribution in [3.63, 3.8) is 0 Å². The van der Waals surface area contributed by atoms with E-state index in [4.69, 9.17) is 19.9 Å². The first kappa shape index (κ1) is 22.3. The molecule has 1 aromatic heterocycles. The first-order valence-corrected chi connectivity index (χ1v) is 9.14. The molecule has 158 valence electrons. The Hall–Kier alpha value is -2.04.